The molecule has 1 unspecified atom stereocenters. The van der Waals surface area contributed by atoms with Crippen molar-refractivity contribution >= 4 is 5.95 Å². The molecule has 1 aromatic heterocycles. The van der Waals surface area contributed by atoms with Gasteiger partial charge in [0.05, 0.1) is 13.2 Å². The SMILES string of the molecule is COc1ccc(C(Cc2ccccc2)Nc2ncn[nH]2)cc1. The molecule has 22 heavy (non-hydrogen) atoms. The number of aromatic amines is 1. The lowest BCUT2D eigenvalue weighted by atomic mass is 9.99. The summed E-state index contributed by atoms with van der Waals surface area (Å²) in [7, 11) is 1.67. The first-order chi connectivity index (χ1) is 10.8. The van der Waals surface area contributed by atoms with Gasteiger partial charge in [0.2, 0.25) is 5.95 Å². The van der Waals surface area contributed by atoms with Gasteiger partial charge < -0.3 is 10.1 Å². The van der Waals surface area contributed by atoms with E-state index in [1.165, 1.54) is 17.5 Å². The quantitative estimate of drug-likeness (QED) is 0.733. The van der Waals surface area contributed by atoms with Crippen LogP contribution in [0, 0.1) is 0 Å². The molecule has 0 aliphatic carbocycles. The Labute approximate surface area is 129 Å². The van der Waals surface area contributed by atoms with Gasteiger partial charge >= 0.3 is 0 Å². The standard InChI is InChI=1S/C17H18N4O/c1-22-15-9-7-14(8-10-15)16(20-17-18-12-19-21-17)11-13-5-3-2-4-6-13/h2-10,12,16H,11H2,1H3,(H2,18,19,20,21). The highest BCUT2D eigenvalue weighted by Gasteiger charge is 2.13. The van der Waals surface area contributed by atoms with Crippen LogP contribution in [0.1, 0.15) is 17.2 Å². The highest BCUT2D eigenvalue weighted by atomic mass is 16.5. The largest absolute Gasteiger partial charge is 0.497 e. The highest BCUT2D eigenvalue weighted by Crippen LogP contribution is 2.24. The third kappa shape index (κ3) is 3.44. The number of nitrogens with zero attached hydrogens (tertiary/aromatic N) is 2. The molecule has 112 valence electrons. The molecule has 0 bridgehead atoms. The molecular formula is C17H18N4O. The Morgan fingerprint density at radius 1 is 1.09 bits per heavy atom. The second-order valence-electron chi connectivity index (χ2n) is 4.99. The molecule has 0 aliphatic rings. The second-order valence-corrected chi connectivity index (χ2v) is 4.99. The number of anilines is 1. The van der Waals surface area contributed by atoms with E-state index in [4.69, 9.17) is 4.74 Å². The maximum Gasteiger partial charge on any atom is 0.218 e. The Kier molecular flexibility index (Phi) is 4.34. The molecule has 5 nitrogen and oxygen atoms in total. The minimum absolute atomic E-state index is 0.0984. The highest BCUT2D eigenvalue weighted by molar-refractivity contribution is 5.36. The molecule has 2 N–H and O–H groups in total. The van der Waals surface area contributed by atoms with E-state index >= 15 is 0 Å². The van der Waals surface area contributed by atoms with Gasteiger partial charge in [-0.05, 0) is 29.7 Å². The van der Waals surface area contributed by atoms with Gasteiger partial charge in [-0.2, -0.15) is 5.10 Å². The Bertz CT molecular complexity index is 680. The molecule has 0 aliphatic heterocycles. The number of rotatable bonds is 6. The lowest BCUT2D eigenvalue weighted by Gasteiger charge is -2.19. The number of benzene rings is 2. The van der Waals surface area contributed by atoms with Crippen molar-refractivity contribution in [2.75, 3.05) is 12.4 Å². The molecule has 3 aromatic rings. The van der Waals surface area contributed by atoms with Crippen molar-refractivity contribution in [3.63, 3.8) is 0 Å². The van der Waals surface area contributed by atoms with Gasteiger partial charge in [0.25, 0.3) is 0 Å². The fourth-order valence-electron chi connectivity index (χ4n) is 2.38. The first-order valence-corrected chi connectivity index (χ1v) is 7.15. The van der Waals surface area contributed by atoms with Crippen molar-refractivity contribution in [1.82, 2.24) is 15.2 Å². The van der Waals surface area contributed by atoms with Crippen LogP contribution in [-0.4, -0.2) is 22.3 Å². The minimum atomic E-state index is 0.0984. The number of ether oxygens (including phenoxy) is 1. The zero-order valence-electron chi connectivity index (χ0n) is 12.4. The average molecular weight is 294 g/mol. The Morgan fingerprint density at radius 2 is 1.86 bits per heavy atom. The summed E-state index contributed by atoms with van der Waals surface area (Å²) in [6, 6.07) is 18.5. The van der Waals surface area contributed by atoms with Gasteiger partial charge in [0.1, 0.15) is 12.1 Å². The third-order valence-corrected chi connectivity index (χ3v) is 3.53. The molecule has 0 spiro atoms. The molecule has 3 rings (SSSR count). The summed E-state index contributed by atoms with van der Waals surface area (Å²) in [6.45, 7) is 0. The number of nitrogens with one attached hydrogen (secondary N) is 2. The van der Waals surface area contributed by atoms with E-state index in [1.54, 1.807) is 7.11 Å². The molecule has 1 heterocycles. The van der Waals surface area contributed by atoms with E-state index in [1.807, 2.05) is 18.2 Å². The summed E-state index contributed by atoms with van der Waals surface area (Å²) in [5.74, 6) is 1.51. The lowest BCUT2D eigenvalue weighted by Crippen LogP contribution is -2.14. The Balaban J connectivity index is 1.84. The number of hydrogen-bond acceptors (Lipinski definition) is 4. The van der Waals surface area contributed by atoms with E-state index in [-0.39, 0.29) is 6.04 Å². The molecule has 0 fully saturated rings. The van der Waals surface area contributed by atoms with E-state index in [2.05, 4.69) is 56.9 Å². The summed E-state index contributed by atoms with van der Waals surface area (Å²) in [5.41, 5.74) is 2.43. The maximum atomic E-state index is 5.22. The van der Waals surface area contributed by atoms with Crippen LogP contribution in [-0.2, 0) is 6.42 Å². The fraction of sp³-hybridized carbons (Fsp3) is 0.176. The number of H-pyrrole nitrogens is 1. The lowest BCUT2D eigenvalue weighted by molar-refractivity contribution is 0.414. The molecule has 5 heteroatoms. The summed E-state index contributed by atoms with van der Waals surface area (Å²) in [4.78, 5) is 4.15. The van der Waals surface area contributed by atoms with Crippen LogP contribution in [0.4, 0.5) is 5.95 Å². The van der Waals surface area contributed by atoms with Crippen molar-refractivity contribution in [3.05, 3.63) is 72.1 Å². The van der Waals surface area contributed by atoms with Gasteiger partial charge in [0.15, 0.2) is 0 Å². The van der Waals surface area contributed by atoms with E-state index in [0.717, 1.165) is 12.2 Å². The fourth-order valence-corrected chi connectivity index (χ4v) is 2.38. The van der Waals surface area contributed by atoms with Crippen molar-refractivity contribution in [3.8, 4) is 5.75 Å². The molecular weight excluding hydrogens is 276 g/mol. The predicted molar refractivity (Wildman–Crippen MR) is 85.9 cm³/mol. The monoisotopic (exact) mass is 294 g/mol. The Morgan fingerprint density at radius 3 is 2.50 bits per heavy atom. The normalized spacial score (nSPS) is 11.9. The van der Waals surface area contributed by atoms with Gasteiger partial charge in [-0.15, -0.1) is 0 Å². The van der Waals surface area contributed by atoms with Gasteiger partial charge in [-0.25, -0.2) is 10.1 Å². The van der Waals surface area contributed by atoms with Crippen LogP contribution in [0.15, 0.2) is 60.9 Å². The average Bonchev–Trinajstić information content (AvgIpc) is 3.08. The van der Waals surface area contributed by atoms with Gasteiger partial charge in [0, 0.05) is 0 Å². The van der Waals surface area contributed by atoms with Crippen LogP contribution in [0.3, 0.4) is 0 Å². The topological polar surface area (TPSA) is 62.8 Å². The first-order valence-electron chi connectivity index (χ1n) is 7.15. The van der Waals surface area contributed by atoms with Crippen molar-refractivity contribution < 1.29 is 4.74 Å². The van der Waals surface area contributed by atoms with Gasteiger partial charge in [-0.3, -0.25) is 0 Å². The van der Waals surface area contributed by atoms with E-state index in [0.29, 0.717) is 5.95 Å². The van der Waals surface area contributed by atoms with Crippen molar-refractivity contribution in [2.24, 2.45) is 0 Å². The number of hydrogen-bond donors (Lipinski definition) is 2. The van der Waals surface area contributed by atoms with Crippen LogP contribution in [0.2, 0.25) is 0 Å². The zero-order chi connectivity index (χ0) is 15.2. The predicted octanol–water partition coefficient (Wildman–Crippen LogP) is 3.21. The maximum absolute atomic E-state index is 5.22. The summed E-state index contributed by atoms with van der Waals surface area (Å²) < 4.78 is 5.22. The molecule has 0 amide bonds. The summed E-state index contributed by atoms with van der Waals surface area (Å²) in [6.07, 6.45) is 2.35. The molecule has 0 radical (unpaired) electrons. The van der Waals surface area contributed by atoms with Crippen LogP contribution in [0.25, 0.3) is 0 Å². The van der Waals surface area contributed by atoms with Crippen molar-refractivity contribution in [2.45, 2.75) is 12.5 Å². The van der Waals surface area contributed by atoms with E-state index in [9.17, 15) is 0 Å². The second kappa shape index (κ2) is 6.76. The molecule has 0 saturated carbocycles. The Hall–Kier alpha value is -2.82. The summed E-state index contributed by atoms with van der Waals surface area (Å²) in [5, 5.41) is 10.1. The number of methoxy groups -OCH3 is 1. The van der Waals surface area contributed by atoms with Crippen molar-refractivity contribution in [1.29, 1.82) is 0 Å². The molecule has 1 atom stereocenters. The van der Waals surface area contributed by atoms with Crippen LogP contribution >= 0.6 is 0 Å². The van der Waals surface area contributed by atoms with Crippen LogP contribution < -0.4 is 10.1 Å². The third-order valence-electron chi connectivity index (χ3n) is 3.53. The first kappa shape index (κ1) is 14.1. The number of aromatic nitrogens is 3. The summed E-state index contributed by atoms with van der Waals surface area (Å²) >= 11 is 0. The van der Waals surface area contributed by atoms with Crippen LogP contribution in [0.5, 0.6) is 5.75 Å². The van der Waals surface area contributed by atoms with Gasteiger partial charge in [-0.1, -0.05) is 42.5 Å². The smallest absolute Gasteiger partial charge is 0.218 e. The molecule has 2 aromatic carbocycles. The zero-order valence-corrected chi connectivity index (χ0v) is 12.4. The minimum Gasteiger partial charge on any atom is -0.497 e. The van der Waals surface area contributed by atoms with E-state index < -0.39 is 0 Å². The molecule has 0 saturated heterocycles.